The van der Waals surface area contributed by atoms with Crippen LogP contribution in [0.15, 0.2) is 36.4 Å². The third-order valence-electron chi connectivity index (χ3n) is 3.15. The molecule has 5 heteroatoms. The van der Waals surface area contributed by atoms with Gasteiger partial charge in [-0.3, -0.25) is 11.3 Å². The molecule has 1 atom stereocenters. The van der Waals surface area contributed by atoms with E-state index in [-0.39, 0.29) is 10.8 Å². The highest BCUT2D eigenvalue weighted by atomic mass is 35.5. The highest BCUT2D eigenvalue weighted by molar-refractivity contribution is 6.30. The average Bonchev–Trinajstić information content (AvgIpc) is 2.43. The summed E-state index contributed by atoms with van der Waals surface area (Å²) in [5.41, 5.74) is 4.66. The first-order valence-electron chi connectivity index (χ1n) is 6.17. The summed E-state index contributed by atoms with van der Waals surface area (Å²) in [5.74, 6) is 4.67. The maximum absolute atomic E-state index is 13.9. The molecule has 0 saturated heterocycles. The van der Waals surface area contributed by atoms with Crippen molar-refractivity contribution in [2.75, 3.05) is 0 Å². The zero-order valence-corrected chi connectivity index (χ0v) is 11.7. The van der Waals surface area contributed by atoms with E-state index in [1.807, 2.05) is 6.92 Å². The van der Waals surface area contributed by atoms with Crippen molar-refractivity contribution in [3.8, 4) is 0 Å². The number of halogens is 3. The third kappa shape index (κ3) is 3.33. The van der Waals surface area contributed by atoms with Crippen molar-refractivity contribution in [1.29, 1.82) is 0 Å². The van der Waals surface area contributed by atoms with Gasteiger partial charge in [-0.05, 0) is 37.1 Å². The lowest BCUT2D eigenvalue weighted by Gasteiger charge is -2.18. The Hall–Kier alpha value is -1.49. The van der Waals surface area contributed by atoms with E-state index in [1.165, 1.54) is 18.2 Å². The Bertz CT molecular complexity index is 617. The Morgan fingerprint density at radius 1 is 1.15 bits per heavy atom. The summed E-state index contributed by atoms with van der Waals surface area (Å²) in [7, 11) is 0. The van der Waals surface area contributed by atoms with Crippen molar-refractivity contribution in [2.45, 2.75) is 19.4 Å². The van der Waals surface area contributed by atoms with Crippen molar-refractivity contribution in [2.24, 2.45) is 5.84 Å². The van der Waals surface area contributed by atoms with E-state index >= 15 is 0 Å². The second-order valence-electron chi connectivity index (χ2n) is 4.70. The molecule has 1 unspecified atom stereocenters. The number of aryl methyl sites for hydroxylation is 1. The van der Waals surface area contributed by atoms with Crippen LogP contribution in [-0.2, 0) is 6.42 Å². The molecule has 0 heterocycles. The van der Waals surface area contributed by atoms with E-state index in [0.717, 1.165) is 5.56 Å². The molecule has 2 rings (SSSR count). The van der Waals surface area contributed by atoms with E-state index in [0.29, 0.717) is 17.5 Å². The van der Waals surface area contributed by atoms with E-state index in [1.54, 1.807) is 18.2 Å². The van der Waals surface area contributed by atoms with Crippen molar-refractivity contribution in [1.82, 2.24) is 5.43 Å². The first-order valence-corrected chi connectivity index (χ1v) is 6.55. The molecule has 0 aliphatic heterocycles. The average molecular weight is 297 g/mol. The van der Waals surface area contributed by atoms with Gasteiger partial charge in [-0.2, -0.15) is 0 Å². The summed E-state index contributed by atoms with van der Waals surface area (Å²) < 4.78 is 27.3. The Morgan fingerprint density at radius 3 is 2.55 bits per heavy atom. The Kier molecular flexibility index (Phi) is 4.70. The molecule has 106 valence electrons. The molecule has 2 nitrogen and oxygen atoms in total. The maximum atomic E-state index is 13.9. The molecular weight excluding hydrogens is 282 g/mol. The van der Waals surface area contributed by atoms with Gasteiger partial charge in [0.25, 0.3) is 0 Å². The van der Waals surface area contributed by atoms with E-state index in [2.05, 4.69) is 5.43 Å². The van der Waals surface area contributed by atoms with Gasteiger partial charge in [-0.1, -0.05) is 35.4 Å². The van der Waals surface area contributed by atoms with Crippen LogP contribution >= 0.6 is 11.6 Å². The minimum absolute atomic E-state index is 0.0627. The van der Waals surface area contributed by atoms with Crippen LogP contribution < -0.4 is 11.3 Å². The molecule has 0 fully saturated rings. The van der Waals surface area contributed by atoms with Crippen LogP contribution in [0, 0.1) is 18.6 Å². The summed E-state index contributed by atoms with van der Waals surface area (Å²) in [6, 6.07) is 8.89. The van der Waals surface area contributed by atoms with Gasteiger partial charge < -0.3 is 0 Å². The van der Waals surface area contributed by atoms with Gasteiger partial charge in [0.15, 0.2) is 0 Å². The second kappa shape index (κ2) is 6.31. The molecule has 0 spiro atoms. The molecule has 20 heavy (non-hydrogen) atoms. The van der Waals surface area contributed by atoms with Crippen molar-refractivity contribution < 1.29 is 8.78 Å². The van der Waals surface area contributed by atoms with Crippen LogP contribution in [-0.4, -0.2) is 0 Å². The molecule has 0 amide bonds. The monoisotopic (exact) mass is 296 g/mol. The largest absolute Gasteiger partial charge is 0.271 e. The van der Waals surface area contributed by atoms with Crippen LogP contribution in [0.2, 0.25) is 5.02 Å². The molecule has 2 aromatic carbocycles. The maximum Gasteiger partial charge on any atom is 0.142 e. The van der Waals surface area contributed by atoms with Gasteiger partial charge in [0.1, 0.15) is 11.6 Å². The molecule has 0 radical (unpaired) electrons. The number of hydrogen-bond acceptors (Lipinski definition) is 2. The summed E-state index contributed by atoms with van der Waals surface area (Å²) >= 11 is 5.64. The second-order valence-corrected chi connectivity index (χ2v) is 5.10. The number of nitrogens with one attached hydrogen (secondary N) is 1. The minimum Gasteiger partial charge on any atom is -0.271 e. The minimum atomic E-state index is -0.496. The fourth-order valence-corrected chi connectivity index (χ4v) is 2.21. The first kappa shape index (κ1) is 14.9. The first-order chi connectivity index (χ1) is 9.51. The van der Waals surface area contributed by atoms with E-state index < -0.39 is 11.9 Å². The molecule has 0 bridgehead atoms. The molecule has 0 saturated carbocycles. The van der Waals surface area contributed by atoms with Gasteiger partial charge in [0, 0.05) is 5.56 Å². The zero-order chi connectivity index (χ0) is 14.7. The van der Waals surface area contributed by atoms with E-state index in [4.69, 9.17) is 17.4 Å². The highest BCUT2D eigenvalue weighted by Gasteiger charge is 2.16. The summed E-state index contributed by atoms with van der Waals surface area (Å²) in [6.07, 6.45) is 0.366. The number of nitrogens with two attached hydrogens (primary N) is 1. The van der Waals surface area contributed by atoms with Gasteiger partial charge in [0.05, 0.1) is 11.1 Å². The highest BCUT2D eigenvalue weighted by Crippen LogP contribution is 2.24. The molecule has 2 aromatic rings. The number of benzene rings is 2. The third-order valence-corrected chi connectivity index (χ3v) is 3.46. The van der Waals surface area contributed by atoms with Crippen LogP contribution in [0.3, 0.4) is 0 Å². The summed E-state index contributed by atoms with van der Waals surface area (Å²) in [6.45, 7) is 1.87. The number of rotatable bonds is 4. The number of hydrazine groups is 1. The van der Waals surface area contributed by atoms with Crippen LogP contribution in [0.1, 0.15) is 22.7 Å². The molecular formula is C15H15ClF2N2. The molecule has 0 aliphatic rings. The van der Waals surface area contributed by atoms with Crippen LogP contribution in [0.25, 0.3) is 0 Å². The van der Waals surface area contributed by atoms with E-state index in [9.17, 15) is 8.78 Å². The quantitative estimate of drug-likeness (QED) is 0.667. The van der Waals surface area contributed by atoms with Crippen molar-refractivity contribution >= 4 is 11.6 Å². The summed E-state index contributed by atoms with van der Waals surface area (Å²) in [4.78, 5) is 0. The predicted octanol–water partition coefficient (Wildman–Crippen LogP) is 3.67. The fraction of sp³-hybridized carbons (Fsp3) is 0.200. The SMILES string of the molecule is Cc1ccc(F)c(C(Cc2ccc(Cl)c(F)c2)NN)c1. The normalized spacial score (nSPS) is 12.4. The fourth-order valence-electron chi connectivity index (χ4n) is 2.09. The lowest BCUT2D eigenvalue weighted by Crippen LogP contribution is -2.30. The Morgan fingerprint density at radius 2 is 1.90 bits per heavy atom. The standard InChI is InChI=1S/C15H15ClF2N2/c1-9-2-5-13(17)11(6-9)15(20-19)8-10-3-4-12(16)14(18)7-10/h2-7,15,20H,8,19H2,1H3. The lowest BCUT2D eigenvalue weighted by molar-refractivity contribution is 0.509. The Labute approximate surface area is 121 Å². The van der Waals surface area contributed by atoms with Gasteiger partial charge in [-0.15, -0.1) is 0 Å². The lowest BCUT2D eigenvalue weighted by atomic mass is 9.97. The summed E-state index contributed by atoms with van der Waals surface area (Å²) in [5, 5.41) is 0.0627. The molecule has 0 aromatic heterocycles. The Balaban J connectivity index is 2.28. The predicted molar refractivity (Wildman–Crippen MR) is 76.3 cm³/mol. The van der Waals surface area contributed by atoms with Gasteiger partial charge in [-0.25, -0.2) is 8.78 Å². The molecule has 3 N–H and O–H groups in total. The van der Waals surface area contributed by atoms with Crippen LogP contribution in [0.5, 0.6) is 0 Å². The van der Waals surface area contributed by atoms with Crippen LogP contribution in [0.4, 0.5) is 8.78 Å². The smallest absolute Gasteiger partial charge is 0.142 e. The topological polar surface area (TPSA) is 38.0 Å². The van der Waals surface area contributed by atoms with Gasteiger partial charge in [0.2, 0.25) is 0 Å². The van der Waals surface area contributed by atoms with Gasteiger partial charge >= 0.3 is 0 Å². The van der Waals surface area contributed by atoms with Crippen molar-refractivity contribution in [3.63, 3.8) is 0 Å². The van der Waals surface area contributed by atoms with Crippen molar-refractivity contribution in [3.05, 3.63) is 69.7 Å². The zero-order valence-electron chi connectivity index (χ0n) is 11.0. The number of hydrogen-bond donors (Lipinski definition) is 2. The molecule has 0 aliphatic carbocycles.